The van der Waals surface area contributed by atoms with Gasteiger partial charge in [-0.3, -0.25) is 0 Å². The normalized spacial score (nSPS) is 17.1. The Balaban J connectivity index is 2.16. The van der Waals surface area contributed by atoms with Crippen LogP contribution in [0.25, 0.3) is 0 Å². The third-order valence-corrected chi connectivity index (χ3v) is 3.86. The molecule has 1 aliphatic rings. The van der Waals surface area contributed by atoms with E-state index in [1.165, 1.54) is 35.8 Å². The third kappa shape index (κ3) is 2.69. The minimum atomic E-state index is 0.629. The molecule has 0 bridgehead atoms. The third-order valence-electron chi connectivity index (χ3n) is 2.91. The minimum absolute atomic E-state index is 0.629. The van der Waals surface area contributed by atoms with E-state index in [4.69, 9.17) is 0 Å². The monoisotopic (exact) mass is 221 g/mol. The van der Waals surface area contributed by atoms with Gasteiger partial charge in [-0.2, -0.15) is 11.8 Å². The molecule has 2 heteroatoms. The smallest absolute Gasteiger partial charge is 0.0369 e. The topological polar surface area (TPSA) is 3.24 Å². The van der Waals surface area contributed by atoms with E-state index >= 15 is 0 Å². The van der Waals surface area contributed by atoms with Crippen LogP contribution in [-0.2, 0) is 0 Å². The van der Waals surface area contributed by atoms with Crippen LogP contribution in [0.5, 0.6) is 0 Å². The van der Waals surface area contributed by atoms with Gasteiger partial charge in [-0.25, -0.2) is 0 Å². The van der Waals surface area contributed by atoms with Gasteiger partial charge in [-0.15, -0.1) is 0 Å². The SMILES string of the molecule is CC(C)c1cccc(N2CCSCC2)c1. The van der Waals surface area contributed by atoms with Crippen molar-refractivity contribution in [2.45, 2.75) is 19.8 Å². The summed E-state index contributed by atoms with van der Waals surface area (Å²) >= 11 is 2.06. The Hall–Kier alpha value is -0.630. The maximum absolute atomic E-state index is 2.50. The largest absolute Gasteiger partial charge is 0.370 e. The number of hydrogen-bond donors (Lipinski definition) is 0. The second-order valence-corrected chi connectivity index (χ2v) is 5.57. The Bertz CT molecular complexity index is 316. The molecule has 1 aliphatic heterocycles. The van der Waals surface area contributed by atoms with Crippen LogP contribution < -0.4 is 4.90 Å². The second kappa shape index (κ2) is 4.93. The lowest BCUT2D eigenvalue weighted by atomic mass is 10.0. The first-order valence-corrected chi connectivity index (χ1v) is 6.85. The summed E-state index contributed by atoms with van der Waals surface area (Å²) in [7, 11) is 0. The van der Waals surface area contributed by atoms with Crippen molar-refractivity contribution < 1.29 is 0 Å². The Morgan fingerprint density at radius 2 is 1.93 bits per heavy atom. The van der Waals surface area contributed by atoms with Gasteiger partial charge >= 0.3 is 0 Å². The molecule has 1 fully saturated rings. The fourth-order valence-electron chi connectivity index (χ4n) is 1.90. The van der Waals surface area contributed by atoms with Gasteiger partial charge in [0.05, 0.1) is 0 Å². The van der Waals surface area contributed by atoms with Crippen molar-refractivity contribution in [2.24, 2.45) is 0 Å². The summed E-state index contributed by atoms with van der Waals surface area (Å²) in [5.74, 6) is 3.17. The van der Waals surface area contributed by atoms with E-state index in [1.54, 1.807) is 0 Å². The van der Waals surface area contributed by atoms with Crippen molar-refractivity contribution in [1.29, 1.82) is 0 Å². The molecule has 82 valence electrons. The van der Waals surface area contributed by atoms with Crippen molar-refractivity contribution in [3.63, 3.8) is 0 Å². The molecule has 0 saturated carbocycles. The molecule has 2 rings (SSSR count). The number of nitrogens with zero attached hydrogens (tertiary/aromatic N) is 1. The lowest BCUT2D eigenvalue weighted by Gasteiger charge is -2.29. The van der Waals surface area contributed by atoms with Crippen molar-refractivity contribution >= 4 is 17.4 Å². The first kappa shape index (κ1) is 10.9. The van der Waals surface area contributed by atoms with Crippen LogP contribution in [0.4, 0.5) is 5.69 Å². The van der Waals surface area contributed by atoms with Crippen molar-refractivity contribution in [3.8, 4) is 0 Å². The highest BCUT2D eigenvalue weighted by molar-refractivity contribution is 7.99. The van der Waals surface area contributed by atoms with Crippen molar-refractivity contribution in [1.82, 2.24) is 0 Å². The zero-order valence-electron chi connectivity index (χ0n) is 9.57. The Morgan fingerprint density at radius 3 is 2.60 bits per heavy atom. The number of thioether (sulfide) groups is 1. The van der Waals surface area contributed by atoms with Gasteiger partial charge in [0.15, 0.2) is 0 Å². The molecule has 0 aliphatic carbocycles. The van der Waals surface area contributed by atoms with Crippen LogP contribution >= 0.6 is 11.8 Å². The molecule has 0 amide bonds. The van der Waals surface area contributed by atoms with Gasteiger partial charge in [-0.1, -0.05) is 26.0 Å². The zero-order chi connectivity index (χ0) is 10.7. The van der Waals surface area contributed by atoms with Crippen LogP contribution in [-0.4, -0.2) is 24.6 Å². The molecule has 1 saturated heterocycles. The summed E-state index contributed by atoms with van der Waals surface area (Å²) in [5.41, 5.74) is 2.85. The highest BCUT2D eigenvalue weighted by Crippen LogP contribution is 2.23. The number of hydrogen-bond acceptors (Lipinski definition) is 2. The lowest BCUT2D eigenvalue weighted by molar-refractivity contribution is 0.841. The molecule has 1 aromatic carbocycles. The lowest BCUT2D eigenvalue weighted by Crippen LogP contribution is -2.32. The van der Waals surface area contributed by atoms with E-state index in [-0.39, 0.29) is 0 Å². The fourth-order valence-corrected chi connectivity index (χ4v) is 2.81. The predicted molar refractivity (Wildman–Crippen MR) is 70.1 cm³/mol. The van der Waals surface area contributed by atoms with Gasteiger partial charge in [0.2, 0.25) is 0 Å². The summed E-state index contributed by atoms with van der Waals surface area (Å²) < 4.78 is 0. The molecule has 0 radical (unpaired) electrons. The summed E-state index contributed by atoms with van der Waals surface area (Å²) in [4.78, 5) is 2.50. The zero-order valence-corrected chi connectivity index (χ0v) is 10.4. The Morgan fingerprint density at radius 1 is 1.20 bits per heavy atom. The quantitative estimate of drug-likeness (QED) is 0.753. The molecular formula is C13H19NS. The molecule has 0 aromatic heterocycles. The Kier molecular flexibility index (Phi) is 3.57. The molecule has 1 aromatic rings. The van der Waals surface area contributed by atoms with E-state index in [0.29, 0.717) is 5.92 Å². The van der Waals surface area contributed by atoms with Crippen molar-refractivity contribution in [2.75, 3.05) is 29.5 Å². The highest BCUT2D eigenvalue weighted by atomic mass is 32.2. The van der Waals surface area contributed by atoms with Crippen molar-refractivity contribution in [3.05, 3.63) is 29.8 Å². The Labute approximate surface area is 96.9 Å². The van der Waals surface area contributed by atoms with Crippen LogP contribution in [0.3, 0.4) is 0 Å². The van der Waals surface area contributed by atoms with Crippen LogP contribution in [0.2, 0.25) is 0 Å². The molecular weight excluding hydrogens is 202 g/mol. The average molecular weight is 221 g/mol. The molecule has 1 nitrogen and oxygen atoms in total. The van der Waals surface area contributed by atoms with E-state index < -0.39 is 0 Å². The van der Waals surface area contributed by atoms with Crippen LogP contribution in [0.15, 0.2) is 24.3 Å². The van der Waals surface area contributed by atoms with Crippen LogP contribution in [0.1, 0.15) is 25.3 Å². The van der Waals surface area contributed by atoms with Gasteiger partial charge in [-0.05, 0) is 23.6 Å². The average Bonchev–Trinajstić information content (AvgIpc) is 2.30. The first-order valence-electron chi connectivity index (χ1n) is 5.70. The molecule has 0 atom stereocenters. The number of benzene rings is 1. The molecule has 1 heterocycles. The second-order valence-electron chi connectivity index (χ2n) is 4.35. The maximum Gasteiger partial charge on any atom is 0.0369 e. The molecule has 0 spiro atoms. The molecule has 0 N–H and O–H groups in total. The first-order chi connectivity index (χ1) is 7.27. The summed E-state index contributed by atoms with van der Waals surface area (Å²) in [5, 5.41) is 0. The summed E-state index contributed by atoms with van der Waals surface area (Å²) in [6.45, 7) is 6.91. The van der Waals surface area contributed by atoms with E-state index in [9.17, 15) is 0 Å². The molecule has 0 unspecified atom stereocenters. The van der Waals surface area contributed by atoms with E-state index in [2.05, 4.69) is 54.8 Å². The van der Waals surface area contributed by atoms with Gasteiger partial charge in [0, 0.05) is 30.3 Å². The van der Waals surface area contributed by atoms with E-state index in [1.807, 2.05) is 0 Å². The van der Waals surface area contributed by atoms with E-state index in [0.717, 1.165) is 0 Å². The summed E-state index contributed by atoms with van der Waals surface area (Å²) in [6.07, 6.45) is 0. The standard InChI is InChI=1S/C13H19NS/c1-11(2)12-4-3-5-13(10-12)14-6-8-15-9-7-14/h3-5,10-11H,6-9H2,1-2H3. The minimum Gasteiger partial charge on any atom is -0.370 e. The van der Waals surface area contributed by atoms with Gasteiger partial charge < -0.3 is 4.90 Å². The number of rotatable bonds is 2. The fraction of sp³-hybridized carbons (Fsp3) is 0.538. The molecule has 15 heavy (non-hydrogen) atoms. The maximum atomic E-state index is 2.50. The predicted octanol–water partition coefficient (Wildman–Crippen LogP) is 3.36. The number of anilines is 1. The van der Waals surface area contributed by atoms with Gasteiger partial charge in [0.1, 0.15) is 0 Å². The summed E-state index contributed by atoms with van der Waals surface area (Å²) in [6, 6.07) is 9.00. The van der Waals surface area contributed by atoms with Crippen LogP contribution in [0, 0.1) is 0 Å². The highest BCUT2D eigenvalue weighted by Gasteiger charge is 2.11. The van der Waals surface area contributed by atoms with Gasteiger partial charge in [0.25, 0.3) is 0 Å².